The first-order chi connectivity index (χ1) is 10.1. The number of carboxylic acids is 1. The average Bonchev–Trinajstić information content (AvgIpc) is 3.05. The summed E-state index contributed by atoms with van der Waals surface area (Å²) in [6, 6.07) is 7.58. The van der Waals surface area contributed by atoms with Gasteiger partial charge in [-0.25, -0.2) is 4.79 Å². The molecule has 2 N–H and O–H groups in total. The van der Waals surface area contributed by atoms with E-state index in [4.69, 9.17) is 14.6 Å². The Bertz CT molecular complexity index is 680. The Morgan fingerprint density at radius 3 is 2.86 bits per heavy atom. The van der Waals surface area contributed by atoms with Crippen LogP contribution in [0.5, 0.6) is 11.5 Å². The standard InChI is InChI=1S/C15H15NO4S/c1-9-11(5-14(21-9)15(17)18)7-16-6-10-2-3-12-13(4-10)20-8-19-12/h2-5,16H,6-8H2,1H3,(H,17,18). The van der Waals surface area contributed by atoms with Gasteiger partial charge in [0.25, 0.3) is 0 Å². The maximum Gasteiger partial charge on any atom is 0.345 e. The van der Waals surface area contributed by atoms with Crippen LogP contribution in [0.1, 0.15) is 25.7 Å². The van der Waals surface area contributed by atoms with Gasteiger partial charge < -0.3 is 19.9 Å². The number of ether oxygens (including phenoxy) is 2. The van der Waals surface area contributed by atoms with E-state index in [0.29, 0.717) is 18.0 Å². The Morgan fingerprint density at radius 2 is 2.10 bits per heavy atom. The van der Waals surface area contributed by atoms with Gasteiger partial charge in [0.1, 0.15) is 4.88 Å². The third kappa shape index (κ3) is 3.01. The number of benzene rings is 1. The van der Waals surface area contributed by atoms with Crippen LogP contribution < -0.4 is 14.8 Å². The van der Waals surface area contributed by atoms with E-state index >= 15 is 0 Å². The zero-order valence-corrected chi connectivity index (χ0v) is 12.3. The molecule has 0 unspecified atom stereocenters. The number of hydrogen-bond acceptors (Lipinski definition) is 5. The smallest absolute Gasteiger partial charge is 0.345 e. The lowest BCUT2D eigenvalue weighted by Crippen LogP contribution is -2.12. The first kappa shape index (κ1) is 13.9. The molecule has 0 fully saturated rings. The largest absolute Gasteiger partial charge is 0.477 e. The van der Waals surface area contributed by atoms with Gasteiger partial charge in [-0.3, -0.25) is 0 Å². The second-order valence-corrected chi connectivity index (χ2v) is 6.04. The molecule has 6 heteroatoms. The molecule has 2 heterocycles. The molecule has 1 aromatic heterocycles. The molecule has 0 spiro atoms. The number of hydrogen-bond donors (Lipinski definition) is 2. The summed E-state index contributed by atoms with van der Waals surface area (Å²) >= 11 is 1.31. The Hall–Kier alpha value is -2.05. The normalized spacial score (nSPS) is 12.6. The van der Waals surface area contributed by atoms with Crippen molar-refractivity contribution in [3.8, 4) is 11.5 Å². The van der Waals surface area contributed by atoms with Gasteiger partial charge in [-0.1, -0.05) is 6.07 Å². The van der Waals surface area contributed by atoms with Crippen LogP contribution in [0.3, 0.4) is 0 Å². The number of aromatic carboxylic acids is 1. The van der Waals surface area contributed by atoms with Crippen molar-refractivity contribution in [1.29, 1.82) is 0 Å². The summed E-state index contributed by atoms with van der Waals surface area (Å²) in [7, 11) is 0. The molecule has 1 aliphatic heterocycles. The minimum Gasteiger partial charge on any atom is -0.477 e. The van der Waals surface area contributed by atoms with Crippen LogP contribution in [0.4, 0.5) is 0 Å². The fourth-order valence-electron chi connectivity index (χ4n) is 2.19. The number of rotatable bonds is 5. The van der Waals surface area contributed by atoms with Crippen molar-refractivity contribution >= 4 is 17.3 Å². The quantitative estimate of drug-likeness (QED) is 0.889. The average molecular weight is 305 g/mol. The molecule has 5 nitrogen and oxygen atoms in total. The van der Waals surface area contributed by atoms with E-state index in [2.05, 4.69) is 5.32 Å². The summed E-state index contributed by atoms with van der Waals surface area (Å²) in [5, 5.41) is 12.3. The number of carboxylic acid groups (broad SMARTS) is 1. The molecule has 21 heavy (non-hydrogen) atoms. The number of thiophene rings is 1. The van der Waals surface area contributed by atoms with Gasteiger partial charge in [0, 0.05) is 18.0 Å². The number of nitrogens with one attached hydrogen (secondary N) is 1. The van der Waals surface area contributed by atoms with E-state index in [9.17, 15) is 4.79 Å². The zero-order valence-electron chi connectivity index (χ0n) is 11.5. The van der Waals surface area contributed by atoms with E-state index in [1.165, 1.54) is 11.3 Å². The van der Waals surface area contributed by atoms with E-state index in [-0.39, 0.29) is 6.79 Å². The molecule has 0 bridgehead atoms. The summed E-state index contributed by atoms with van der Waals surface area (Å²) < 4.78 is 10.6. The van der Waals surface area contributed by atoms with Gasteiger partial charge in [-0.2, -0.15) is 0 Å². The van der Waals surface area contributed by atoms with Crippen molar-refractivity contribution in [2.24, 2.45) is 0 Å². The highest BCUT2D eigenvalue weighted by atomic mass is 32.1. The minimum absolute atomic E-state index is 0.276. The molecule has 110 valence electrons. The van der Waals surface area contributed by atoms with Crippen LogP contribution in [0.2, 0.25) is 0 Å². The van der Waals surface area contributed by atoms with Gasteiger partial charge in [0.15, 0.2) is 11.5 Å². The SMILES string of the molecule is Cc1sc(C(=O)O)cc1CNCc1ccc2c(c1)OCO2. The van der Waals surface area contributed by atoms with Gasteiger partial charge in [0.2, 0.25) is 6.79 Å². The fraction of sp³-hybridized carbons (Fsp3) is 0.267. The van der Waals surface area contributed by atoms with Crippen LogP contribution in [0, 0.1) is 6.92 Å². The molecular formula is C15H15NO4S. The second-order valence-electron chi connectivity index (χ2n) is 4.79. The lowest BCUT2D eigenvalue weighted by Gasteiger charge is -2.05. The van der Waals surface area contributed by atoms with Gasteiger partial charge in [0.05, 0.1) is 0 Å². The highest BCUT2D eigenvalue weighted by molar-refractivity contribution is 7.14. The summed E-state index contributed by atoms with van der Waals surface area (Å²) in [4.78, 5) is 12.3. The van der Waals surface area contributed by atoms with Crippen molar-refractivity contribution in [1.82, 2.24) is 5.32 Å². The van der Waals surface area contributed by atoms with Crippen LogP contribution in [-0.4, -0.2) is 17.9 Å². The van der Waals surface area contributed by atoms with Crippen molar-refractivity contribution in [2.45, 2.75) is 20.0 Å². The molecule has 1 aliphatic rings. The van der Waals surface area contributed by atoms with E-state index < -0.39 is 5.97 Å². The van der Waals surface area contributed by atoms with Crippen molar-refractivity contribution in [2.75, 3.05) is 6.79 Å². The zero-order chi connectivity index (χ0) is 14.8. The molecule has 0 amide bonds. The predicted octanol–water partition coefficient (Wildman–Crippen LogP) is 2.77. The number of fused-ring (bicyclic) bond motifs is 1. The first-order valence-corrected chi connectivity index (χ1v) is 7.37. The van der Waals surface area contributed by atoms with Gasteiger partial charge >= 0.3 is 5.97 Å². The molecule has 0 radical (unpaired) electrons. The van der Waals surface area contributed by atoms with E-state index in [1.807, 2.05) is 25.1 Å². The van der Waals surface area contributed by atoms with Crippen LogP contribution in [0.15, 0.2) is 24.3 Å². The Labute approximate surface area is 126 Å². The molecule has 3 rings (SSSR count). The molecule has 0 saturated carbocycles. The summed E-state index contributed by atoms with van der Waals surface area (Å²) in [6.45, 7) is 3.55. The second kappa shape index (κ2) is 5.75. The minimum atomic E-state index is -0.870. The molecule has 0 aliphatic carbocycles. The number of carbonyl (C=O) groups is 1. The molecule has 1 aromatic carbocycles. The monoisotopic (exact) mass is 305 g/mol. The van der Waals surface area contributed by atoms with E-state index in [1.54, 1.807) is 6.07 Å². The summed E-state index contributed by atoms with van der Waals surface area (Å²) in [5.74, 6) is 0.679. The molecule has 0 atom stereocenters. The third-order valence-electron chi connectivity index (χ3n) is 3.31. The first-order valence-electron chi connectivity index (χ1n) is 6.55. The van der Waals surface area contributed by atoms with Crippen LogP contribution in [-0.2, 0) is 13.1 Å². The predicted molar refractivity (Wildman–Crippen MR) is 79.1 cm³/mol. The summed E-state index contributed by atoms with van der Waals surface area (Å²) in [6.07, 6.45) is 0. The molecular weight excluding hydrogens is 290 g/mol. The summed E-state index contributed by atoms with van der Waals surface area (Å²) in [5.41, 5.74) is 2.13. The Morgan fingerprint density at radius 1 is 1.29 bits per heavy atom. The van der Waals surface area contributed by atoms with E-state index in [0.717, 1.165) is 27.5 Å². The Kier molecular flexibility index (Phi) is 3.81. The highest BCUT2D eigenvalue weighted by Gasteiger charge is 2.13. The maximum atomic E-state index is 10.9. The topological polar surface area (TPSA) is 67.8 Å². The molecule has 0 saturated heterocycles. The van der Waals surface area contributed by atoms with Crippen molar-refractivity contribution in [3.05, 3.63) is 45.1 Å². The molecule has 2 aromatic rings. The van der Waals surface area contributed by atoms with Gasteiger partial charge in [-0.05, 0) is 36.2 Å². The maximum absolute atomic E-state index is 10.9. The van der Waals surface area contributed by atoms with Crippen LogP contribution in [0.25, 0.3) is 0 Å². The third-order valence-corrected chi connectivity index (χ3v) is 4.39. The fourth-order valence-corrected chi connectivity index (χ4v) is 3.07. The van der Waals surface area contributed by atoms with Crippen molar-refractivity contribution < 1.29 is 19.4 Å². The lowest BCUT2D eigenvalue weighted by molar-refractivity contribution is 0.0702. The van der Waals surface area contributed by atoms with Gasteiger partial charge in [-0.15, -0.1) is 11.3 Å². The van der Waals surface area contributed by atoms with Crippen LogP contribution >= 0.6 is 11.3 Å². The lowest BCUT2D eigenvalue weighted by atomic mass is 10.2. The highest BCUT2D eigenvalue weighted by Crippen LogP contribution is 2.32. The van der Waals surface area contributed by atoms with Crippen molar-refractivity contribution in [3.63, 3.8) is 0 Å². The Balaban J connectivity index is 1.60. The number of aryl methyl sites for hydroxylation is 1.